The second-order valence-electron chi connectivity index (χ2n) is 9.15. The zero-order valence-electron chi connectivity index (χ0n) is 20.8. The lowest BCUT2D eigenvalue weighted by Crippen LogP contribution is -2.58. The third-order valence-electron chi connectivity index (χ3n) is 5.24. The van der Waals surface area contributed by atoms with Crippen molar-refractivity contribution in [3.63, 3.8) is 0 Å². The van der Waals surface area contributed by atoms with E-state index in [2.05, 4.69) is 4.99 Å². The van der Waals surface area contributed by atoms with Crippen molar-refractivity contribution in [1.29, 1.82) is 0 Å². The largest absolute Gasteiger partial charge is 0.444 e. The molecule has 1 aliphatic heterocycles. The molecular weight excluding hydrogens is 419 g/mol. The number of alkyl halides is 3. The van der Waals surface area contributed by atoms with Crippen LogP contribution in [-0.4, -0.2) is 58.6 Å². The maximum atomic E-state index is 13.9. The van der Waals surface area contributed by atoms with Gasteiger partial charge >= 0.3 is 12.3 Å². The summed E-state index contributed by atoms with van der Waals surface area (Å²) in [5.74, 6) is 0. The van der Waals surface area contributed by atoms with Gasteiger partial charge in [0.1, 0.15) is 5.60 Å². The topological polar surface area (TPSA) is 45.1 Å². The predicted octanol–water partition coefficient (Wildman–Crippen LogP) is 6.48. The summed E-state index contributed by atoms with van der Waals surface area (Å²) >= 11 is 0. The fraction of sp³-hybridized carbons (Fsp3) is 0.667. The van der Waals surface area contributed by atoms with E-state index in [0.717, 1.165) is 12.5 Å². The lowest BCUT2D eigenvalue weighted by Gasteiger charge is -2.46. The Kier molecular flexibility index (Phi) is 9.60. The third-order valence-corrected chi connectivity index (χ3v) is 5.24. The number of carbonyl (C=O) groups excluding carboxylic acids is 1. The van der Waals surface area contributed by atoms with Gasteiger partial charge in [0.25, 0.3) is 0 Å². The van der Waals surface area contributed by atoms with Crippen LogP contribution in [-0.2, 0) is 4.74 Å². The highest BCUT2D eigenvalue weighted by Crippen LogP contribution is 2.35. The molecule has 0 N–H and O–H groups in total. The highest BCUT2D eigenvalue weighted by Gasteiger charge is 2.40. The Labute approximate surface area is 190 Å². The first kappa shape index (κ1) is 27.8. The Hall–Kier alpha value is -2.25. The van der Waals surface area contributed by atoms with E-state index in [1.165, 1.54) is 6.92 Å². The van der Waals surface area contributed by atoms with Crippen molar-refractivity contribution < 1.29 is 22.7 Å². The second kappa shape index (κ2) is 11.1. The number of aliphatic imine (C=N–C) groups is 1. The zero-order chi connectivity index (χ0) is 24.9. The van der Waals surface area contributed by atoms with E-state index in [1.807, 2.05) is 25.7 Å². The molecule has 2 unspecified atom stereocenters. The molecule has 0 aromatic rings. The van der Waals surface area contributed by atoms with Gasteiger partial charge in [-0.2, -0.15) is 13.2 Å². The number of halogens is 3. The number of carbonyl (C=O) groups is 1. The van der Waals surface area contributed by atoms with Crippen LogP contribution in [0, 0.1) is 0 Å². The number of piperazine rings is 1. The van der Waals surface area contributed by atoms with Gasteiger partial charge in [0.2, 0.25) is 0 Å². The molecular formula is C24H38F3N3O2. The van der Waals surface area contributed by atoms with Crippen molar-refractivity contribution in [3.05, 3.63) is 35.2 Å². The molecule has 1 aliphatic rings. The Bertz CT molecular complexity index is 789. The van der Waals surface area contributed by atoms with Crippen LogP contribution < -0.4 is 0 Å². The quantitative estimate of drug-likeness (QED) is 0.350. The summed E-state index contributed by atoms with van der Waals surface area (Å²) < 4.78 is 47.2. The van der Waals surface area contributed by atoms with Gasteiger partial charge < -0.3 is 14.5 Å². The highest BCUT2D eigenvalue weighted by atomic mass is 19.4. The van der Waals surface area contributed by atoms with Crippen molar-refractivity contribution in [3.8, 4) is 0 Å². The van der Waals surface area contributed by atoms with Gasteiger partial charge in [-0.15, -0.1) is 0 Å². The minimum absolute atomic E-state index is 0.0746. The fourth-order valence-electron chi connectivity index (χ4n) is 3.75. The molecule has 32 heavy (non-hydrogen) atoms. The maximum absolute atomic E-state index is 13.9. The summed E-state index contributed by atoms with van der Waals surface area (Å²) in [6, 6.07) is -0.423. The van der Waals surface area contributed by atoms with Crippen molar-refractivity contribution in [2.24, 2.45) is 4.99 Å². The van der Waals surface area contributed by atoms with Crippen LogP contribution >= 0.6 is 0 Å². The second-order valence-corrected chi connectivity index (χ2v) is 9.15. The maximum Gasteiger partial charge on any atom is 0.416 e. The summed E-state index contributed by atoms with van der Waals surface area (Å²) in [7, 11) is 0. The van der Waals surface area contributed by atoms with E-state index in [4.69, 9.17) is 4.74 Å². The fourth-order valence-corrected chi connectivity index (χ4v) is 3.75. The number of hydrogen-bond donors (Lipinski definition) is 0. The minimum atomic E-state index is -4.51. The molecule has 0 saturated carbocycles. The molecule has 0 spiro atoms. The number of rotatable bonds is 5. The number of allylic oxidation sites excluding steroid dienone is 5. The van der Waals surface area contributed by atoms with Crippen molar-refractivity contribution >= 4 is 11.8 Å². The Morgan fingerprint density at radius 2 is 1.62 bits per heavy atom. The Morgan fingerprint density at radius 1 is 1.09 bits per heavy atom. The first-order chi connectivity index (χ1) is 14.6. The Balaban J connectivity index is 3.40. The van der Waals surface area contributed by atoms with E-state index in [1.54, 1.807) is 51.8 Å². The van der Waals surface area contributed by atoms with Crippen LogP contribution in [0.1, 0.15) is 68.7 Å². The number of ether oxygens (including phenoxy) is 1. The third kappa shape index (κ3) is 7.41. The molecule has 0 aromatic heterocycles. The first-order valence-corrected chi connectivity index (χ1v) is 11.0. The van der Waals surface area contributed by atoms with Crippen molar-refractivity contribution in [2.75, 3.05) is 13.1 Å². The summed E-state index contributed by atoms with van der Waals surface area (Å²) in [6.45, 7) is 16.5. The average molecular weight is 458 g/mol. The average Bonchev–Trinajstić information content (AvgIpc) is 2.64. The minimum Gasteiger partial charge on any atom is -0.444 e. The van der Waals surface area contributed by atoms with Gasteiger partial charge in [-0.1, -0.05) is 19.1 Å². The predicted molar refractivity (Wildman–Crippen MR) is 124 cm³/mol. The van der Waals surface area contributed by atoms with E-state index in [-0.39, 0.29) is 17.7 Å². The molecule has 5 nitrogen and oxygen atoms in total. The molecule has 0 bridgehead atoms. The van der Waals surface area contributed by atoms with E-state index in [9.17, 15) is 18.0 Å². The van der Waals surface area contributed by atoms with Gasteiger partial charge in [0, 0.05) is 48.4 Å². The smallest absolute Gasteiger partial charge is 0.416 e. The highest BCUT2D eigenvalue weighted by molar-refractivity contribution is 6.03. The van der Waals surface area contributed by atoms with Crippen LogP contribution in [0.5, 0.6) is 0 Å². The standard InChI is InChI=1S/C24H38F3N3O2/c1-10-12-13-28-18(5)21(20(11-2)24(25,26)27)19(6)29-14-17(4)30(15-16(29)3)22(31)32-23(7,8)9/h11-13,16-17H,10,14-15H2,1-9H3/b13-12+,20-11+,21-19-,28-18+. The lowest BCUT2D eigenvalue weighted by molar-refractivity contribution is -0.0892. The molecule has 1 fully saturated rings. The number of amides is 1. The monoisotopic (exact) mass is 457 g/mol. The molecule has 1 rings (SSSR count). The van der Waals surface area contributed by atoms with E-state index in [0.29, 0.717) is 24.5 Å². The van der Waals surface area contributed by atoms with Gasteiger partial charge in [-0.3, -0.25) is 4.99 Å². The number of hydrogen-bond acceptors (Lipinski definition) is 4. The van der Waals surface area contributed by atoms with Gasteiger partial charge in [-0.05, 0) is 61.8 Å². The summed E-state index contributed by atoms with van der Waals surface area (Å²) in [5, 5.41) is 0. The molecule has 2 atom stereocenters. The van der Waals surface area contributed by atoms with E-state index < -0.39 is 23.4 Å². The Morgan fingerprint density at radius 3 is 2.09 bits per heavy atom. The van der Waals surface area contributed by atoms with Crippen molar-refractivity contribution in [1.82, 2.24) is 9.80 Å². The lowest BCUT2D eigenvalue weighted by atomic mass is 9.96. The van der Waals surface area contributed by atoms with Crippen LogP contribution in [0.25, 0.3) is 0 Å². The molecule has 1 amide bonds. The van der Waals surface area contributed by atoms with Gasteiger partial charge in [0.15, 0.2) is 0 Å². The summed E-state index contributed by atoms with van der Waals surface area (Å²) in [5.41, 5.74) is -0.467. The van der Waals surface area contributed by atoms with Crippen LogP contribution in [0.4, 0.5) is 18.0 Å². The van der Waals surface area contributed by atoms with Gasteiger partial charge in [0.05, 0.1) is 5.57 Å². The van der Waals surface area contributed by atoms with Crippen molar-refractivity contribution in [2.45, 2.75) is 92.6 Å². The van der Waals surface area contributed by atoms with Crippen LogP contribution in [0.3, 0.4) is 0 Å². The summed E-state index contributed by atoms with van der Waals surface area (Å²) in [4.78, 5) is 20.4. The van der Waals surface area contributed by atoms with Crippen LogP contribution in [0.2, 0.25) is 0 Å². The SMILES string of the molecule is C\C=C(C(/C(C)=N/C=C/CC)=C(/C)N1CC(C)N(C(=O)OC(C)(C)C)CC1C)\C(F)(F)F. The number of nitrogens with zero attached hydrogens (tertiary/aromatic N) is 3. The van der Waals surface area contributed by atoms with Crippen LogP contribution in [0.15, 0.2) is 40.2 Å². The molecule has 0 aromatic carbocycles. The first-order valence-electron chi connectivity index (χ1n) is 11.0. The molecule has 1 heterocycles. The summed E-state index contributed by atoms with van der Waals surface area (Å²) in [6.07, 6.45) is 0.245. The molecule has 1 saturated heterocycles. The molecule has 0 aliphatic carbocycles. The zero-order valence-corrected chi connectivity index (χ0v) is 20.8. The normalized spacial score (nSPS) is 22.4. The molecule has 182 valence electrons. The van der Waals surface area contributed by atoms with E-state index >= 15 is 0 Å². The van der Waals surface area contributed by atoms with Gasteiger partial charge in [-0.25, -0.2) is 4.79 Å². The molecule has 0 radical (unpaired) electrons. The molecule has 8 heteroatoms.